The van der Waals surface area contributed by atoms with Gasteiger partial charge in [-0.05, 0) is 30.1 Å². The zero-order valence-electron chi connectivity index (χ0n) is 19.1. The fraction of sp³-hybridized carbons (Fsp3) is 0.773. The molecule has 3 heterocycles. The number of carbonyl (C=O) groups excluding carboxylic acids is 2. The van der Waals surface area contributed by atoms with Crippen LogP contribution in [0.5, 0.6) is 0 Å². The van der Waals surface area contributed by atoms with Crippen LogP contribution in [0.4, 0.5) is 0 Å². The molecule has 9 heteroatoms. The predicted molar refractivity (Wildman–Crippen MR) is 121 cm³/mol. The fourth-order valence-electron chi connectivity index (χ4n) is 5.34. The maximum Gasteiger partial charge on any atom is 0.273 e. The van der Waals surface area contributed by atoms with Gasteiger partial charge >= 0.3 is 0 Å². The van der Waals surface area contributed by atoms with Crippen LogP contribution in [0.2, 0.25) is 0 Å². The summed E-state index contributed by atoms with van der Waals surface area (Å²) >= 11 is 1.49. The first kappa shape index (κ1) is 22.7. The first-order valence-electron chi connectivity index (χ1n) is 11.1. The number of thiazole rings is 1. The molecule has 3 fully saturated rings. The summed E-state index contributed by atoms with van der Waals surface area (Å²) in [6.45, 7) is 10.2. The van der Waals surface area contributed by atoms with Crippen molar-refractivity contribution in [3.05, 3.63) is 16.1 Å². The van der Waals surface area contributed by atoms with Crippen LogP contribution in [0.25, 0.3) is 0 Å². The van der Waals surface area contributed by atoms with Gasteiger partial charge in [-0.25, -0.2) is 13.4 Å². The Kier molecular flexibility index (Phi) is 5.52. The molecule has 31 heavy (non-hydrogen) atoms. The van der Waals surface area contributed by atoms with E-state index in [1.807, 2.05) is 4.90 Å². The highest BCUT2D eigenvalue weighted by molar-refractivity contribution is 7.91. The van der Waals surface area contributed by atoms with Gasteiger partial charge in [0.2, 0.25) is 5.91 Å². The normalized spacial score (nSPS) is 27.3. The molecule has 7 nitrogen and oxygen atoms in total. The molecule has 1 atom stereocenters. The number of sulfone groups is 1. The monoisotopic (exact) mass is 467 g/mol. The maximum absolute atomic E-state index is 13.0. The molecule has 0 spiro atoms. The van der Waals surface area contributed by atoms with Crippen molar-refractivity contribution in [1.82, 2.24) is 14.8 Å². The number of amides is 2. The quantitative estimate of drug-likeness (QED) is 0.679. The first-order valence-corrected chi connectivity index (χ1v) is 13.8. The van der Waals surface area contributed by atoms with Gasteiger partial charge in [-0.15, -0.1) is 11.3 Å². The molecule has 1 aromatic heterocycles. The molecule has 2 aliphatic heterocycles. The molecule has 0 aromatic carbocycles. The smallest absolute Gasteiger partial charge is 0.273 e. The highest BCUT2D eigenvalue weighted by atomic mass is 32.2. The molecule has 0 bridgehead atoms. The van der Waals surface area contributed by atoms with Gasteiger partial charge < -0.3 is 9.80 Å². The Hall–Kier alpha value is -1.48. The second-order valence-electron chi connectivity index (χ2n) is 10.5. The Morgan fingerprint density at radius 2 is 1.74 bits per heavy atom. The summed E-state index contributed by atoms with van der Waals surface area (Å²) in [6.07, 6.45) is 2.21. The molecule has 3 aliphatic rings. The molecular weight excluding hydrogens is 434 g/mol. The summed E-state index contributed by atoms with van der Waals surface area (Å²) in [5.74, 6) is 0.591. The van der Waals surface area contributed by atoms with Crippen LogP contribution in [-0.4, -0.2) is 72.7 Å². The van der Waals surface area contributed by atoms with Gasteiger partial charge in [-0.1, -0.05) is 27.7 Å². The van der Waals surface area contributed by atoms with Gasteiger partial charge in [0.25, 0.3) is 5.91 Å². The van der Waals surface area contributed by atoms with Gasteiger partial charge in [0, 0.05) is 43.4 Å². The van der Waals surface area contributed by atoms with Crippen molar-refractivity contribution in [2.24, 2.45) is 16.7 Å². The number of rotatable bonds is 4. The zero-order valence-corrected chi connectivity index (χ0v) is 20.7. The third-order valence-electron chi connectivity index (χ3n) is 8.24. The van der Waals surface area contributed by atoms with Gasteiger partial charge in [0.15, 0.2) is 9.84 Å². The van der Waals surface area contributed by atoms with Crippen molar-refractivity contribution >= 4 is 33.0 Å². The second-order valence-corrected chi connectivity index (χ2v) is 13.6. The van der Waals surface area contributed by atoms with E-state index in [2.05, 4.69) is 32.7 Å². The molecule has 2 saturated heterocycles. The van der Waals surface area contributed by atoms with Crippen LogP contribution in [0.1, 0.15) is 68.4 Å². The minimum absolute atomic E-state index is 0.0350. The summed E-state index contributed by atoms with van der Waals surface area (Å²) in [6, 6.07) is -0.271. The number of hydrogen-bond acceptors (Lipinski definition) is 6. The van der Waals surface area contributed by atoms with Gasteiger partial charge in [0.1, 0.15) is 5.69 Å². The van der Waals surface area contributed by atoms with Crippen molar-refractivity contribution in [2.45, 2.75) is 58.9 Å². The third-order valence-corrected chi connectivity index (χ3v) is 11.0. The summed E-state index contributed by atoms with van der Waals surface area (Å²) in [4.78, 5) is 33.9. The van der Waals surface area contributed by atoms with E-state index in [0.717, 1.165) is 30.9 Å². The minimum atomic E-state index is -3.04. The maximum atomic E-state index is 13.0. The number of carbonyl (C=O) groups is 2. The summed E-state index contributed by atoms with van der Waals surface area (Å²) in [5.41, 5.74) is 0.499. The summed E-state index contributed by atoms with van der Waals surface area (Å²) in [5, 5.41) is 2.72. The second kappa shape index (κ2) is 7.54. The molecule has 0 N–H and O–H groups in total. The standard InChI is InChI=1S/C22H33N3O4S2/c1-21(2)17(22(21,3)4)20(27)25-9-6-14(7-10-25)18-23-16(12-30-18)19(26)24(5)15-8-11-31(28,29)13-15/h12,14-15,17H,6-11,13H2,1-5H3. The summed E-state index contributed by atoms with van der Waals surface area (Å²) < 4.78 is 23.5. The lowest BCUT2D eigenvalue weighted by Crippen LogP contribution is -2.40. The molecule has 0 radical (unpaired) electrons. The molecular formula is C22H33N3O4S2. The Labute approximate surface area is 189 Å². The highest BCUT2D eigenvalue weighted by Crippen LogP contribution is 2.68. The van der Waals surface area contributed by atoms with E-state index in [9.17, 15) is 18.0 Å². The van der Waals surface area contributed by atoms with Gasteiger partial charge in [0.05, 0.1) is 16.5 Å². The number of likely N-dealkylation sites (tertiary alicyclic amines) is 1. The average molecular weight is 468 g/mol. The lowest BCUT2D eigenvalue weighted by Gasteiger charge is -2.32. The number of hydrogen-bond donors (Lipinski definition) is 0. The van der Waals surface area contributed by atoms with Crippen LogP contribution in [-0.2, 0) is 14.6 Å². The van der Waals surface area contributed by atoms with E-state index in [4.69, 9.17) is 0 Å². The Morgan fingerprint density at radius 1 is 1.13 bits per heavy atom. The Balaban J connectivity index is 1.34. The predicted octanol–water partition coefficient (Wildman–Crippen LogP) is 2.79. The molecule has 172 valence electrons. The van der Waals surface area contributed by atoms with Gasteiger partial charge in [-0.2, -0.15) is 0 Å². The Morgan fingerprint density at radius 3 is 2.26 bits per heavy atom. The topological polar surface area (TPSA) is 87.7 Å². The van der Waals surface area contributed by atoms with Crippen LogP contribution >= 0.6 is 11.3 Å². The molecule has 1 aromatic rings. The van der Waals surface area contributed by atoms with E-state index >= 15 is 0 Å². The molecule has 1 unspecified atom stereocenters. The number of piperidine rings is 1. The Bertz CT molecular complexity index is 976. The van der Waals surface area contributed by atoms with E-state index in [0.29, 0.717) is 12.1 Å². The van der Waals surface area contributed by atoms with Crippen molar-refractivity contribution in [3.8, 4) is 0 Å². The average Bonchev–Trinajstić information content (AvgIpc) is 3.16. The molecule has 1 aliphatic carbocycles. The lowest BCUT2D eigenvalue weighted by atomic mass is 9.96. The SMILES string of the molecule is CN(C(=O)c1csc(C2CCN(C(=O)C3C(C)(C)C3(C)C)CC2)n1)C1CCS(=O)(=O)C1. The fourth-order valence-corrected chi connectivity index (χ4v) is 8.08. The van der Waals surface area contributed by atoms with E-state index in [1.165, 1.54) is 16.2 Å². The summed E-state index contributed by atoms with van der Waals surface area (Å²) in [7, 11) is -1.38. The zero-order chi connectivity index (χ0) is 22.8. The molecule has 1 saturated carbocycles. The van der Waals surface area contributed by atoms with Gasteiger partial charge in [-0.3, -0.25) is 9.59 Å². The van der Waals surface area contributed by atoms with E-state index < -0.39 is 9.84 Å². The molecule has 4 rings (SSSR count). The third kappa shape index (κ3) is 3.92. The van der Waals surface area contributed by atoms with E-state index in [1.54, 1.807) is 12.4 Å². The highest BCUT2D eigenvalue weighted by Gasteiger charge is 2.68. The van der Waals surface area contributed by atoms with Crippen LogP contribution in [0, 0.1) is 16.7 Å². The van der Waals surface area contributed by atoms with Crippen LogP contribution < -0.4 is 0 Å². The largest absolute Gasteiger partial charge is 0.342 e. The number of aromatic nitrogens is 1. The minimum Gasteiger partial charge on any atom is -0.342 e. The first-order chi connectivity index (χ1) is 14.3. The lowest BCUT2D eigenvalue weighted by molar-refractivity contribution is -0.134. The van der Waals surface area contributed by atoms with Crippen molar-refractivity contribution in [1.29, 1.82) is 0 Å². The van der Waals surface area contributed by atoms with Crippen molar-refractivity contribution in [2.75, 3.05) is 31.6 Å². The van der Waals surface area contributed by atoms with E-state index in [-0.39, 0.29) is 52.0 Å². The van der Waals surface area contributed by atoms with Crippen molar-refractivity contribution in [3.63, 3.8) is 0 Å². The van der Waals surface area contributed by atoms with Crippen LogP contribution in [0.15, 0.2) is 5.38 Å². The van der Waals surface area contributed by atoms with Crippen LogP contribution in [0.3, 0.4) is 0 Å². The van der Waals surface area contributed by atoms with Crippen molar-refractivity contribution < 1.29 is 18.0 Å². The molecule has 2 amide bonds. The number of nitrogens with zero attached hydrogens (tertiary/aromatic N) is 3.